The smallest absolute Gasteiger partial charge is 0.319 e. The molecule has 0 atom stereocenters. The highest BCUT2D eigenvalue weighted by molar-refractivity contribution is 5.89. The van der Waals surface area contributed by atoms with Crippen LogP contribution in [0.1, 0.15) is 13.3 Å². The normalized spacial score (nSPS) is 10.2. The van der Waals surface area contributed by atoms with Crippen molar-refractivity contribution >= 4 is 11.7 Å². The molecule has 0 unspecified atom stereocenters. The van der Waals surface area contributed by atoms with E-state index in [1.807, 2.05) is 55.5 Å². The Hall–Kier alpha value is -2.53. The second-order valence-corrected chi connectivity index (χ2v) is 5.24. The molecule has 0 spiro atoms. The van der Waals surface area contributed by atoms with Crippen LogP contribution in [0.5, 0.6) is 5.75 Å². The van der Waals surface area contributed by atoms with E-state index in [0.29, 0.717) is 19.8 Å². The van der Waals surface area contributed by atoms with Gasteiger partial charge in [0, 0.05) is 25.4 Å². The summed E-state index contributed by atoms with van der Waals surface area (Å²) in [7, 11) is 1.65. The third-order valence-electron chi connectivity index (χ3n) is 3.52. The van der Waals surface area contributed by atoms with E-state index in [-0.39, 0.29) is 6.03 Å². The van der Waals surface area contributed by atoms with Crippen molar-refractivity contribution in [1.82, 2.24) is 5.32 Å². The highest BCUT2D eigenvalue weighted by Crippen LogP contribution is 2.23. The number of nitrogens with one attached hydrogen (secondary N) is 2. The second kappa shape index (κ2) is 9.57. The molecular weight excluding hydrogens is 304 g/mol. The van der Waals surface area contributed by atoms with Crippen molar-refractivity contribution in [3.05, 3.63) is 48.5 Å². The van der Waals surface area contributed by atoms with Crippen molar-refractivity contribution in [3.8, 4) is 16.9 Å². The molecule has 0 aromatic heterocycles. The van der Waals surface area contributed by atoms with Crippen LogP contribution in [0.2, 0.25) is 0 Å². The molecule has 0 saturated carbocycles. The fourth-order valence-electron chi connectivity index (χ4n) is 2.23. The lowest BCUT2D eigenvalue weighted by atomic mass is 10.1. The van der Waals surface area contributed by atoms with Crippen LogP contribution in [0.3, 0.4) is 0 Å². The molecule has 2 N–H and O–H groups in total. The first-order valence-corrected chi connectivity index (χ1v) is 8.10. The lowest BCUT2D eigenvalue weighted by molar-refractivity contribution is 0.145. The van der Waals surface area contributed by atoms with E-state index in [1.165, 1.54) is 0 Å². The SMILES string of the molecule is CCOCCCNC(=O)Nc1ccc(-c2ccc(OC)cc2)cc1. The van der Waals surface area contributed by atoms with Gasteiger partial charge in [0.05, 0.1) is 7.11 Å². The Morgan fingerprint density at radius 1 is 1.00 bits per heavy atom. The predicted octanol–water partition coefficient (Wildman–Crippen LogP) is 3.91. The summed E-state index contributed by atoms with van der Waals surface area (Å²) in [5.74, 6) is 0.832. The van der Waals surface area contributed by atoms with Gasteiger partial charge in [0.15, 0.2) is 0 Å². The van der Waals surface area contributed by atoms with Gasteiger partial charge in [-0.15, -0.1) is 0 Å². The monoisotopic (exact) mass is 328 g/mol. The fraction of sp³-hybridized carbons (Fsp3) is 0.316. The van der Waals surface area contributed by atoms with Gasteiger partial charge < -0.3 is 20.1 Å². The first-order valence-electron chi connectivity index (χ1n) is 8.10. The summed E-state index contributed by atoms with van der Waals surface area (Å²) < 4.78 is 10.4. The molecule has 0 bridgehead atoms. The number of hydrogen-bond acceptors (Lipinski definition) is 3. The van der Waals surface area contributed by atoms with Crippen LogP contribution in [0.15, 0.2) is 48.5 Å². The van der Waals surface area contributed by atoms with Crippen LogP contribution in [0.4, 0.5) is 10.5 Å². The molecule has 0 fully saturated rings. The topological polar surface area (TPSA) is 59.6 Å². The largest absolute Gasteiger partial charge is 0.497 e. The van der Waals surface area contributed by atoms with Gasteiger partial charge in [-0.1, -0.05) is 24.3 Å². The molecule has 5 nitrogen and oxygen atoms in total. The number of benzene rings is 2. The summed E-state index contributed by atoms with van der Waals surface area (Å²) in [5, 5.41) is 5.62. The van der Waals surface area contributed by atoms with Crippen molar-refractivity contribution in [3.63, 3.8) is 0 Å². The molecule has 2 aromatic carbocycles. The molecule has 24 heavy (non-hydrogen) atoms. The van der Waals surface area contributed by atoms with Crippen LogP contribution >= 0.6 is 0 Å². The predicted molar refractivity (Wildman–Crippen MR) is 96.6 cm³/mol. The molecule has 128 valence electrons. The van der Waals surface area contributed by atoms with Crippen LogP contribution in [0.25, 0.3) is 11.1 Å². The molecule has 2 aromatic rings. The van der Waals surface area contributed by atoms with Crippen molar-refractivity contribution < 1.29 is 14.3 Å². The zero-order valence-corrected chi connectivity index (χ0v) is 14.2. The Balaban J connectivity index is 1.83. The number of methoxy groups -OCH3 is 1. The summed E-state index contributed by atoms with van der Waals surface area (Å²) in [5.41, 5.74) is 2.94. The van der Waals surface area contributed by atoms with E-state index >= 15 is 0 Å². The number of hydrogen-bond donors (Lipinski definition) is 2. The summed E-state index contributed by atoms with van der Waals surface area (Å²) >= 11 is 0. The molecule has 2 amide bonds. The van der Waals surface area contributed by atoms with Crippen LogP contribution in [-0.2, 0) is 4.74 Å². The van der Waals surface area contributed by atoms with Crippen molar-refractivity contribution in [1.29, 1.82) is 0 Å². The van der Waals surface area contributed by atoms with E-state index in [0.717, 1.165) is 29.0 Å². The van der Waals surface area contributed by atoms with Crippen molar-refractivity contribution in [2.45, 2.75) is 13.3 Å². The second-order valence-electron chi connectivity index (χ2n) is 5.24. The maximum atomic E-state index is 11.8. The Kier molecular flexibility index (Phi) is 7.11. The number of rotatable bonds is 8. The fourth-order valence-corrected chi connectivity index (χ4v) is 2.23. The van der Waals surface area contributed by atoms with E-state index in [9.17, 15) is 4.79 Å². The number of amides is 2. The van der Waals surface area contributed by atoms with Gasteiger partial charge in [0.25, 0.3) is 0 Å². The van der Waals surface area contributed by atoms with E-state index in [2.05, 4.69) is 10.6 Å². The van der Waals surface area contributed by atoms with Crippen LogP contribution in [-0.4, -0.2) is 32.9 Å². The molecule has 0 aliphatic rings. The lowest BCUT2D eigenvalue weighted by Crippen LogP contribution is -2.30. The van der Waals surface area contributed by atoms with Gasteiger partial charge in [0.2, 0.25) is 0 Å². The van der Waals surface area contributed by atoms with Gasteiger partial charge in [-0.3, -0.25) is 0 Å². The third kappa shape index (κ3) is 5.59. The Bertz CT molecular complexity index is 624. The minimum Gasteiger partial charge on any atom is -0.497 e. The van der Waals surface area contributed by atoms with Crippen molar-refractivity contribution in [2.75, 3.05) is 32.2 Å². The maximum absolute atomic E-state index is 11.8. The van der Waals surface area contributed by atoms with Gasteiger partial charge in [0.1, 0.15) is 5.75 Å². The molecule has 0 aliphatic carbocycles. The molecule has 0 saturated heterocycles. The summed E-state index contributed by atoms with van der Waals surface area (Å²) in [4.78, 5) is 11.8. The highest BCUT2D eigenvalue weighted by atomic mass is 16.5. The van der Waals surface area contributed by atoms with Gasteiger partial charge in [-0.2, -0.15) is 0 Å². The first kappa shape index (κ1) is 17.8. The first-order chi connectivity index (χ1) is 11.7. The van der Waals surface area contributed by atoms with Crippen LogP contribution in [0, 0.1) is 0 Å². The van der Waals surface area contributed by atoms with Crippen LogP contribution < -0.4 is 15.4 Å². The molecular formula is C19H24N2O3. The zero-order chi connectivity index (χ0) is 17.2. The maximum Gasteiger partial charge on any atom is 0.319 e. The average molecular weight is 328 g/mol. The molecule has 2 rings (SSSR count). The third-order valence-corrected chi connectivity index (χ3v) is 3.52. The van der Waals surface area contributed by atoms with Gasteiger partial charge in [-0.25, -0.2) is 4.79 Å². The molecule has 5 heteroatoms. The minimum atomic E-state index is -0.205. The van der Waals surface area contributed by atoms with E-state index in [1.54, 1.807) is 7.11 Å². The zero-order valence-electron chi connectivity index (χ0n) is 14.2. The quantitative estimate of drug-likeness (QED) is 0.722. The molecule has 0 heterocycles. The number of anilines is 1. The Morgan fingerprint density at radius 2 is 1.62 bits per heavy atom. The molecule has 0 aliphatic heterocycles. The number of urea groups is 1. The number of ether oxygens (including phenoxy) is 2. The van der Waals surface area contributed by atoms with E-state index < -0.39 is 0 Å². The number of carbonyl (C=O) groups is 1. The van der Waals surface area contributed by atoms with Gasteiger partial charge >= 0.3 is 6.03 Å². The summed E-state index contributed by atoms with van der Waals surface area (Å²) in [6.45, 7) is 3.91. The van der Waals surface area contributed by atoms with E-state index in [4.69, 9.17) is 9.47 Å². The molecule has 0 radical (unpaired) electrons. The minimum absolute atomic E-state index is 0.205. The highest BCUT2D eigenvalue weighted by Gasteiger charge is 2.02. The van der Waals surface area contributed by atoms with Gasteiger partial charge in [-0.05, 0) is 48.7 Å². The Morgan fingerprint density at radius 3 is 2.21 bits per heavy atom. The van der Waals surface area contributed by atoms with Crippen molar-refractivity contribution in [2.24, 2.45) is 0 Å². The summed E-state index contributed by atoms with van der Waals surface area (Å²) in [6, 6.07) is 15.4. The average Bonchev–Trinajstić information content (AvgIpc) is 2.62. The number of carbonyl (C=O) groups excluding carboxylic acids is 1. The standard InChI is InChI=1S/C19H24N2O3/c1-3-24-14-4-13-20-19(22)21-17-9-5-15(6-10-17)16-7-11-18(23-2)12-8-16/h5-12H,3-4,13-14H2,1-2H3,(H2,20,21,22). The lowest BCUT2D eigenvalue weighted by Gasteiger charge is -2.09. The summed E-state index contributed by atoms with van der Waals surface area (Å²) in [6.07, 6.45) is 0.803. The Labute approximate surface area is 143 Å².